The van der Waals surface area contributed by atoms with Gasteiger partial charge in [0, 0.05) is 36.8 Å². The zero-order valence-electron chi connectivity index (χ0n) is 14.4. The number of carbonyl (C=O) groups excluding carboxylic acids is 2. The highest BCUT2D eigenvalue weighted by molar-refractivity contribution is 5.89. The monoisotopic (exact) mass is 331 g/mol. The summed E-state index contributed by atoms with van der Waals surface area (Å²) in [5, 5.41) is 2.84. The van der Waals surface area contributed by atoms with Crippen molar-refractivity contribution in [3.8, 4) is 0 Å². The number of H-pyrrole nitrogens is 1. The molecule has 2 heterocycles. The number of likely N-dealkylation sites (tertiary alicyclic amines) is 1. The van der Waals surface area contributed by atoms with Gasteiger partial charge in [0.1, 0.15) is 0 Å². The number of pyridine rings is 1. The van der Waals surface area contributed by atoms with Crippen molar-refractivity contribution in [1.29, 1.82) is 0 Å². The van der Waals surface area contributed by atoms with Gasteiger partial charge >= 0.3 is 0 Å². The normalized spacial score (nSPS) is 21.5. The molecule has 3 rings (SSSR count). The second-order valence-electron chi connectivity index (χ2n) is 7.05. The largest absolute Gasteiger partial charge is 0.351 e. The number of aromatic nitrogens is 1. The molecular formula is C18H25N3O3. The van der Waals surface area contributed by atoms with Crippen LogP contribution >= 0.6 is 0 Å². The van der Waals surface area contributed by atoms with Crippen LogP contribution in [-0.2, 0) is 16.1 Å². The van der Waals surface area contributed by atoms with E-state index in [0.29, 0.717) is 18.2 Å². The molecule has 6 nitrogen and oxygen atoms in total. The van der Waals surface area contributed by atoms with E-state index >= 15 is 0 Å². The Morgan fingerprint density at radius 2 is 2.00 bits per heavy atom. The molecule has 2 N–H and O–H groups in total. The van der Waals surface area contributed by atoms with Crippen molar-refractivity contribution in [3.05, 3.63) is 33.2 Å². The van der Waals surface area contributed by atoms with Gasteiger partial charge in [-0.2, -0.15) is 0 Å². The topological polar surface area (TPSA) is 82.3 Å². The summed E-state index contributed by atoms with van der Waals surface area (Å²) in [6.45, 7) is 4.41. The molecule has 0 spiro atoms. The molecule has 0 bridgehead atoms. The molecule has 0 aromatic carbocycles. The smallest absolute Gasteiger partial charge is 0.253 e. The Hall–Kier alpha value is -2.11. The van der Waals surface area contributed by atoms with Crippen molar-refractivity contribution in [2.75, 3.05) is 6.54 Å². The molecule has 0 unspecified atom stereocenters. The second kappa shape index (κ2) is 6.79. The van der Waals surface area contributed by atoms with E-state index in [1.807, 2.05) is 24.8 Å². The van der Waals surface area contributed by atoms with E-state index in [2.05, 4.69) is 10.3 Å². The first kappa shape index (κ1) is 16.7. The third-order valence-electron chi connectivity index (χ3n) is 5.23. The van der Waals surface area contributed by atoms with Crippen LogP contribution in [0.5, 0.6) is 0 Å². The van der Waals surface area contributed by atoms with Gasteiger partial charge in [0.25, 0.3) is 5.56 Å². The molecule has 2 fully saturated rings. The van der Waals surface area contributed by atoms with Crippen LogP contribution in [-0.4, -0.2) is 34.3 Å². The summed E-state index contributed by atoms with van der Waals surface area (Å²) in [4.78, 5) is 41.2. The van der Waals surface area contributed by atoms with Crippen LogP contribution in [0.4, 0.5) is 0 Å². The summed E-state index contributed by atoms with van der Waals surface area (Å²) >= 11 is 0. The Balaban J connectivity index is 1.60. The van der Waals surface area contributed by atoms with Crippen LogP contribution < -0.4 is 10.9 Å². The number of amides is 2. The Morgan fingerprint density at radius 1 is 1.29 bits per heavy atom. The SMILES string of the molecule is Cc1cc(C)c(CNC(=O)[C@H]2CC(=O)N(C3CCCC3)C2)c(=O)[nH]1. The molecule has 2 aliphatic rings. The highest BCUT2D eigenvalue weighted by atomic mass is 16.2. The maximum Gasteiger partial charge on any atom is 0.253 e. The van der Waals surface area contributed by atoms with Crippen molar-refractivity contribution < 1.29 is 9.59 Å². The molecule has 1 atom stereocenters. The molecule has 1 aromatic rings. The van der Waals surface area contributed by atoms with Crippen molar-refractivity contribution >= 4 is 11.8 Å². The summed E-state index contributed by atoms with van der Waals surface area (Å²) in [5.74, 6) is -0.349. The van der Waals surface area contributed by atoms with Gasteiger partial charge in [0.05, 0.1) is 5.92 Å². The highest BCUT2D eigenvalue weighted by Gasteiger charge is 2.38. The van der Waals surface area contributed by atoms with Crippen molar-refractivity contribution in [1.82, 2.24) is 15.2 Å². The predicted molar refractivity (Wildman–Crippen MR) is 90.5 cm³/mol. The zero-order valence-corrected chi connectivity index (χ0v) is 14.4. The number of aromatic amines is 1. The molecule has 24 heavy (non-hydrogen) atoms. The van der Waals surface area contributed by atoms with Gasteiger partial charge in [-0.25, -0.2) is 0 Å². The fourth-order valence-electron chi connectivity index (χ4n) is 3.90. The summed E-state index contributed by atoms with van der Waals surface area (Å²) < 4.78 is 0. The van der Waals surface area contributed by atoms with Crippen LogP contribution in [0.25, 0.3) is 0 Å². The third-order valence-corrected chi connectivity index (χ3v) is 5.23. The number of nitrogens with one attached hydrogen (secondary N) is 2. The van der Waals surface area contributed by atoms with Crippen molar-refractivity contribution in [2.45, 2.75) is 58.5 Å². The average molecular weight is 331 g/mol. The van der Waals surface area contributed by atoms with Gasteiger partial charge in [-0.05, 0) is 38.3 Å². The minimum absolute atomic E-state index is 0.0893. The van der Waals surface area contributed by atoms with E-state index in [0.717, 1.165) is 24.1 Å². The summed E-state index contributed by atoms with van der Waals surface area (Å²) in [7, 11) is 0. The molecule has 130 valence electrons. The van der Waals surface area contributed by atoms with Gasteiger partial charge in [-0.3, -0.25) is 14.4 Å². The van der Waals surface area contributed by atoms with E-state index in [4.69, 9.17) is 0 Å². The number of carbonyl (C=O) groups is 2. The molecule has 1 saturated carbocycles. The van der Waals surface area contributed by atoms with E-state index in [1.54, 1.807) is 0 Å². The van der Waals surface area contributed by atoms with Crippen LogP contribution in [0.15, 0.2) is 10.9 Å². The first-order chi connectivity index (χ1) is 11.5. The molecule has 1 aliphatic carbocycles. The Kier molecular flexibility index (Phi) is 4.73. The van der Waals surface area contributed by atoms with Crippen molar-refractivity contribution in [2.24, 2.45) is 5.92 Å². The lowest BCUT2D eigenvalue weighted by Crippen LogP contribution is -2.37. The number of nitrogens with zero attached hydrogens (tertiary/aromatic N) is 1. The number of hydrogen-bond donors (Lipinski definition) is 2. The van der Waals surface area contributed by atoms with Gasteiger partial charge in [-0.1, -0.05) is 12.8 Å². The number of rotatable bonds is 4. The highest BCUT2D eigenvalue weighted by Crippen LogP contribution is 2.29. The Labute approximate surface area is 141 Å². The van der Waals surface area contributed by atoms with Crippen LogP contribution in [0.1, 0.15) is 48.9 Å². The molecule has 0 radical (unpaired) electrons. The van der Waals surface area contributed by atoms with Gasteiger partial charge in [-0.15, -0.1) is 0 Å². The Morgan fingerprint density at radius 3 is 2.67 bits per heavy atom. The molecule has 6 heteroatoms. The van der Waals surface area contributed by atoms with Crippen molar-refractivity contribution in [3.63, 3.8) is 0 Å². The Bertz CT molecular complexity index is 704. The molecular weight excluding hydrogens is 306 g/mol. The molecule has 1 aromatic heterocycles. The van der Waals surface area contributed by atoms with Crippen LogP contribution in [0.2, 0.25) is 0 Å². The van der Waals surface area contributed by atoms with E-state index < -0.39 is 0 Å². The van der Waals surface area contributed by atoms with Crippen LogP contribution in [0.3, 0.4) is 0 Å². The summed E-state index contributed by atoms with van der Waals surface area (Å²) in [6.07, 6.45) is 4.73. The van der Waals surface area contributed by atoms with E-state index in [-0.39, 0.29) is 36.3 Å². The van der Waals surface area contributed by atoms with Gasteiger partial charge in [0.2, 0.25) is 11.8 Å². The van der Waals surface area contributed by atoms with E-state index in [9.17, 15) is 14.4 Å². The molecule has 1 aliphatic heterocycles. The summed E-state index contributed by atoms with van der Waals surface area (Å²) in [5.41, 5.74) is 2.08. The fraction of sp³-hybridized carbons (Fsp3) is 0.611. The van der Waals surface area contributed by atoms with Crippen LogP contribution in [0, 0.1) is 19.8 Å². The lowest BCUT2D eigenvalue weighted by atomic mass is 10.1. The second-order valence-corrected chi connectivity index (χ2v) is 7.05. The quantitative estimate of drug-likeness (QED) is 0.875. The maximum atomic E-state index is 12.4. The van der Waals surface area contributed by atoms with Gasteiger partial charge < -0.3 is 15.2 Å². The molecule has 1 saturated heterocycles. The van der Waals surface area contributed by atoms with E-state index in [1.165, 1.54) is 12.8 Å². The maximum absolute atomic E-state index is 12.4. The lowest BCUT2D eigenvalue weighted by Gasteiger charge is -2.23. The first-order valence-electron chi connectivity index (χ1n) is 8.72. The first-order valence-corrected chi connectivity index (χ1v) is 8.72. The minimum Gasteiger partial charge on any atom is -0.351 e. The zero-order chi connectivity index (χ0) is 17.3. The third kappa shape index (κ3) is 3.37. The molecule has 2 amide bonds. The standard InChI is InChI=1S/C18H25N3O3/c1-11-7-12(2)20-18(24)15(11)9-19-17(23)13-8-16(22)21(10-13)14-5-3-4-6-14/h7,13-14H,3-6,8-10H2,1-2H3,(H,19,23)(H,20,24)/t13-/m0/s1. The fourth-order valence-corrected chi connectivity index (χ4v) is 3.90. The minimum atomic E-state index is -0.303. The predicted octanol–water partition coefficient (Wildman–Crippen LogP) is 1.40. The summed E-state index contributed by atoms with van der Waals surface area (Å²) in [6, 6.07) is 2.21. The average Bonchev–Trinajstić information content (AvgIpc) is 3.14. The van der Waals surface area contributed by atoms with Gasteiger partial charge in [0.15, 0.2) is 0 Å². The lowest BCUT2D eigenvalue weighted by molar-refractivity contribution is -0.130. The number of hydrogen-bond acceptors (Lipinski definition) is 3. The number of aryl methyl sites for hydroxylation is 2.